The molecule has 2 aliphatic rings. The van der Waals surface area contributed by atoms with Gasteiger partial charge >= 0.3 is 12.0 Å². The molecule has 3 amide bonds. The van der Waals surface area contributed by atoms with Crippen molar-refractivity contribution in [1.82, 2.24) is 10.2 Å². The molecule has 186 valence electrons. The van der Waals surface area contributed by atoms with Gasteiger partial charge in [-0.3, -0.25) is 9.59 Å². The van der Waals surface area contributed by atoms with Crippen molar-refractivity contribution in [1.29, 1.82) is 0 Å². The third-order valence-corrected chi connectivity index (χ3v) is 8.71. The van der Waals surface area contributed by atoms with Crippen molar-refractivity contribution in [2.75, 3.05) is 28.8 Å². The minimum Gasteiger partial charge on any atom is -0.481 e. The van der Waals surface area contributed by atoms with E-state index in [9.17, 15) is 14.4 Å². The standard InChI is InChI=1S/C25H30N4O4S2/c1-16-4-2-3-5-20(16)28-25(33)27-18-8-6-17(7-9-18)12-22(30)29-15-34-14-21(29)24-26-13-19(35-24)10-11-23(31)32/h2-9,19,21,24,26H,10-15H2,1H3,(H,31,32)(H2,27,28,33). The first-order chi connectivity index (χ1) is 16.9. The zero-order valence-electron chi connectivity index (χ0n) is 19.5. The number of amides is 3. The van der Waals surface area contributed by atoms with Crippen LogP contribution in [-0.2, 0) is 16.0 Å². The van der Waals surface area contributed by atoms with Crippen molar-refractivity contribution in [2.24, 2.45) is 0 Å². The highest BCUT2D eigenvalue weighted by molar-refractivity contribution is 8.01. The van der Waals surface area contributed by atoms with Crippen molar-refractivity contribution >= 4 is 52.8 Å². The Bertz CT molecular complexity index is 1070. The monoisotopic (exact) mass is 514 g/mol. The minimum absolute atomic E-state index is 0.0781. The molecule has 0 aromatic heterocycles. The lowest BCUT2D eigenvalue weighted by molar-refractivity contribution is -0.137. The number of carbonyl (C=O) groups is 3. The van der Waals surface area contributed by atoms with Gasteiger partial charge in [-0.2, -0.15) is 0 Å². The predicted molar refractivity (Wildman–Crippen MR) is 142 cm³/mol. The molecule has 2 fully saturated rings. The summed E-state index contributed by atoms with van der Waals surface area (Å²) in [6.07, 6.45) is 1.11. The third kappa shape index (κ3) is 6.93. The van der Waals surface area contributed by atoms with E-state index in [1.165, 1.54) is 0 Å². The van der Waals surface area contributed by atoms with E-state index in [1.54, 1.807) is 35.7 Å². The number of carbonyl (C=O) groups excluding carboxylic acids is 2. The van der Waals surface area contributed by atoms with Gasteiger partial charge in [0.25, 0.3) is 0 Å². The zero-order chi connectivity index (χ0) is 24.8. The number of aliphatic carboxylic acids is 1. The first-order valence-electron chi connectivity index (χ1n) is 11.6. The van der Waals surface area contributed by atoms with Crippen LogP contribution in [0.5, 0.6) is 0 Å². The van der Waals surface area contributed by atoms with Gasteiger partial charge in [0.15, 0.2) is 0 Å². The molecule has 10 heteroatoms. The number of nitrogens with one attached hydrogen (secondary N) is 3. The number of para-hydroxylation sites is 1. The van der Waals surface area contributed by atoms with Crippen LogP contribution in [-0.4, -0.2) is 62.8 Å². The summed E-state index contributed by atoms with van der Waals surface area (Å²) < 4.78 is 0. The maximum Gasteiger partial charge on any atom is 0.323 e. The van der Waals surface area contributed by atoms with E-state index in [0.717, 1.165) is 29.1 Å². The molecule has 4 N–H and O–H groups in total. The van der Waals surface area contributed by atoms with Gasteiger partial charge in [-0.15, -0.1) is 23.5 Å². The van der Waals surface area contributed by atoms with Gasteiger partial charge in [0.2, 0.25) is 5.91 Å². The molecule has 0 radical (unpaired) electrons. The molecular weight excluding hydrogens is 484 g/mol. The zero-order valence-corrected chi connectivity index (χ0v) is 21.2. The summed E-state index contributed by atoms with van der Waals surface area (Å²) in [4.78, 5) is 38.2. The number of thioether (sulfide) groups is 2. The minimum atomic E-state index is -0.768. The Morgan fingerprint density at radius 1 is 1.11 bits per heavy atom. The molecule has 2 heterocycles. The fourth-order valence-electron chi connectivity index (χ4n) is 4.18. The van der Waals surface area contributed by atoms with E-state index in [0.29, 0.717) is 24.4 Å². The summed E-state index contributed by atoms with van der Waals surface area (Å²) in [7, 11) is 0. The molecule has 8 nitrogen and oxygen atoms in total. The number of urea groups is 1. The van der Waals surface area contributed by atoms with Crippen molar-refractivity contribution in [3.63, 3.8) is 0 Å². The Morgan fingerprint density at radius 3 is 2.63 bits per heavy atom. The van der Waals surface area contributed by atoms with Crippen LogP contribution in [0.25, 0.3) is 0 Å². The Hall–Kier alpha value is -2.69. The number of rotatable bonds is 8. The molecule has 0 spiro atoms. The molecule has 3 atom stereocenters. The first kappa shape index (κ1) is 25.4. The van der Waals surface area contributed by atoms with Crippen LogP contribution >= 0.6 is 23.5 Å². The maximum absolute atomic E-state index is 13.1. The number of anilines is 2. The molecule has 2 aromatic rings. The fourth-order valence-corrected chi connectivity index (χ4v) is 7.03. The average molecular weight is 515 g/mol. The van der Waals surface area contributed by atoms with Gasteiger partial charge in [-0.25, -0.2) is 4.79 Å². The average Bonchev–Trinajstić information content (AvgIpc) is 3.50. The number of aryl methyl sites for hydroxylation is 1. The Morgan fingerprint density at radius 2 is 1.89 bits per heavy atom. The van der Waals surface area contributed by atoms with E-state index in [2.05, 4.69) is 16.0 Å². The lowest BCUT2D eigenvalue weighted by Gasteiger charge is -2.28. The van der Waals surface area contributed by atoms with Crippen molar-refractivity contribution in [2.45, 2.75) is 42.9 Å². The third-order valence-electron chi connectivity index (χ3n) is 6.12. The van der Waals surface area contributed by atoms with Crippen LogP contribution in [0.2, 0.25) is 0 Å². The number of carboxylic acid groups (broad SMARTS) is 1. The molecule has 0 saturated carbocycles. The van der Waals surface area contributed by atoms with Gasteiger partial charge in [0.05, 0.1) is 23.7 Å². The normalized spacial score (nSPS) is 21.6. The van der Waals surface area contributed by atoms with Crippen LogP contribution in [0, 0.1) is 6.92 Å². The Balaban J connectivity index is 1.28. The van der Waals surface area contributed by atoms with Crippen LogP contribution < -0.4 is 16.0 Å². The molecule has 4 rings (SSSR count). The summed E-state index contributed by atoms with van der Waals surface area (Å²) in [5, 5.41) is 18.5. The SMILES string of the molecule is Cc1ccccc1NC(=O)Nc1ccc(CC(=O)N2CSCC2C2NCC(CCC(=O)O)S2)cc1. The van der Waals surface area contributed by atoms with Crippen LogP contribution in [0.15, 0.2) is 48.5 Å². The summed E-state index contributed by atoms with van der Waals surface area (Å²) >= 11 is 3.51. The number of carboxylic acids is 1. The molecule has 3 unspecified atom stereocenters. The van der Waals surface area contributed by atoms with Gasteiger partial charge in [-0.1, -0.05) is 30.3 Å². The highest BCUT2D eigenvalue weighted by atomic mass is 32.2. The molecule has 2 aromatic carbocycles. The number of nitrogens with zero attached hydrogens (tertiary/aromatic N) is 1. The summed E-state index contributed by atoms with van der Waals surface area (Å²) in [5.74, 6) is 0.853. The number of hydrogen-bond acceptors (Lipinski definition) is 6. The van der Waals surface area contributed by atoms with Gasteiger partial charge in [-0.05, 0) is 42.7 Å². The largest absolute Gasteiger partial charge is 0.481 e. The number of hydrogen-bond donors (Lipinski definition) is 4. The number of benzene rings is 2. The smallest absolute Gasteiger partial charge is 0.323 e. The second-order valence-corrected chi connectivity index (χ2v) is 11.2. The quantitative estimate of drug-likeness (QED) is 0.422. The Labute approximate surface area is 213 Å². The maximum atomic E-state index is 13.1. The van der Waals surface area contributed by atoms with E-state index < -0.39 is 5.97 Å². The second-order valence-electron chi connectivity index (χ2n) is 8.72. The highest BCUT2D eigenvalue weighted by Gasteiger charge is 2.39. The summed E-state index contributed by atoms with van der Waals surface area (Å²) in [5.41, 5.74) is 3.29. The van der Waals surface area contributed by atoms with Crippen molar-refractivity contribution in [3.05, 3.63) is 59.7 Å². The van der Waals surface area contributed by atoms with Gasteiger partial charge in [0.1, 0.15) is 0 Å². The summed E-state index contributed by atoms with van der Waals surface area (Å²) in [6, 6.07) is 14.7. The molecule has 2 saturated heterocycles. The van der Waals surface area contributed by atoms with Crippen molar-refractivity contribution < 1.29 is 19.5 Å². The van der Waals surface area contributed by atoms with Gasteiger partial charge in [0, 0.05) is 35.3 Å². The van der Waals surface area contributed by atoms with Gasteiger partial charge < -0.3 is 26.0 Å². The van der Waals surface area contributed by atoms with Crippen LogP contribution in [0.4, 0.5) is 16.2 Å². The molecule has 0 aliphatic carbocycles. The molecular formula is C25H30N4O4S2. The van der Waals surface area contributed by atoms with E-state index >= 15 is 0 Å². The first-order valence-corrected chi connectivity index (χ1v) is 13.7. The fraction of sp³-hybridized carbons (Fsp3) is 0.400. The van der Waals surface area contributed by atoms with Crippen molar-refractivity contribution in [3.8, 4) is 0 Å². The lowest BCUT2D eigenvalue weighted by Crippen LogP contribution is -2.47. The predicted octanol–water partition coefficient (Wildman–Crippen LogP) is 3.98. The van der Waals surface area contributed by atoms with Crippen LogP contribution in [0.3, 0.4) is 0 Å². The Kier molecular flexibility index (Phi) is 8.59. The van der Waals surface area contributed by atoms with Crippen LogP contribution in [0.1, 0.15) is 24.0 Å². The topological polar surface area (TPSA) is 111 Å². The van der Waals surface area contributed by atoms with E-state index in [-0.39, 0.29) is 35.0 Å². The molecule has 0 bridgehead atoms. The van der Waals surface area contributed by atoms with E-state index in [4.69, 9.17) is 5.11 Å². The lowest BCUT2D eigenvalue weighted by atomic mass is 10.1. The molecule has 35 heavy (non-hydrogen) atoms. The molecule has 2 aliphatic heterocycles. The highest BCUT2D eigenvalue weighted by Crippen LogP contribution is 2.35. The second kappa shape index (κ2) is 11.8. The summed E-state index contributed by atoms with van der Waals surface area (Å²) in [6.45, 7) is 2.71. The van der Waals surface area contributed by atoms with E-state index in [1.807, 2.05) is 48.2 Å².